The molecule has 7 nitrogen and oxygen atoms in total. The third-order valence-corrected chi connectivity index (χ3v) is 4.84. The van der Waals surface area contributed by atoms with Crippen LogP contribution in [0.1, 0.15) is 58.3 Å². The molecule has 2 aromatic rings. The molecule has 0 aliphatic rings. The average molecular weight is 443 g/mol. The van der Waals surface area contributed by atoms with Gasteiger partial charge in [0.25, 0.3) is 0 Å². The van der Waals surface area contributed by atoms with Crippen molar-refractivity contribution in [2.45, 2.75) is 58.3 Å². The highest BCUT2D eigenvalue weighted by atomic mass is 16.5. The molecule has 0 unspecified atom stereocenters. The Kier molecular flexibility index (Phi) is 11.7. The van der Waals surface area contributed by atoms with Crippen LogP contribution in [0.25, 0.3) is 0 Å². The van der Waals surface area contributed by atoms with Crippen molar-refractivity contribution in [2.24, 2.45) is 10.2 Å². The van der Waals surface area contributed by atoms with E-state index in [0.717, 1.165) is 37.2 Å². The Morgan fingerprint density at radius 1 is 0.844 bits per heavy atom. The lowest BCUT2D eigenvalue weighted by Crippen LogP contribution is -2.01. The fraction of sp³-hybridized carbons (Fsp3) is 0.480. The fourth-order valence-electron chi connectivity index (χ4n) is 3.00. The van der Waals surface area contributed by atoms with Crippen LogP contribution in [0.3, 0.4) is 0 Å². The molecule has 32 heavy (non-hydrogen) atoms. The normalized spacial score (nSPS) is 10.9. The minimum atomic E-state index is -0.768. The van der Waals surface area contributed by atoms with E-state index in [9.17, 15) is 4.79 Å². The van der Waals surface area contributed by atoms with Crippen LogP contribution >= 0.6 is 0 Å². The smallest absolute Gasteiger partial charge is 0.303 e. The maximum absolute atomic E-state index is 10.6. The zero-order chi connectivity index (χ0) is 23.0. The maximum atomic E-state index is 10.6. The summed E-state index contributed by atoms with van der Waals surface area (Å²) in [6.07, 6.45) is 6.97. The second-order valence-corrected chi connectivity index (χ2v) is 7.49. The number of ether oxygens (including phenoxy) is 3. The second kappa shape index (κ2) is 14.8. The molecule has 174 valence electrons. The number of hydrogen-bond acceptors (Lipinski definition) is 6. The van der Waals surface area contributed by atoms with Crippen LogP contribution in [-0.4, -0.2) is 31.4 Å². The third kappa shape index (κ3) is 9.81. The topological polar surface area (TPSA) is 89.7 Å². The van der Waals surface area contributed by atoms with Crippen molar-refractivity contribution < 1.29 is 24.1 Å². The van der Waals surface area contributed by atoms with Crippen LogP contribution in [0, 0.1) is 0 Å². The first-order valence-electron chi connectivity index (χ1n) is 11.3. The Hall–Kier alpha value is -3.09. The molecule has 0 aliphatic heterocycles. The summed E-state index contributed by atoms with van der Waals surface area (Å²) in [5.74, 6) is 1.34. The summed E-state index contributed by atoms with van der Waals surface area (Å²) < 4.78 is 17.0. The lowest BCUT2D eigenvalue weighted by Gasteiger charge is -2.12. The van der Waals surface area contributed by atoms with Crippen molar-refractivity contribution >= 4 is 17.3 Å². The van der Waals surface area contributed by atoms with E-state index in [1.807, 2.05) is 42.5 Å². The SMILES string of the molecule is CCCCCCOc1ccc(N=Nc2ccc(OC)cc2)c(OCCCCCC(=O)O)c1. The van der Waals surface area contributed by atoms with Crippen LogP contribution in [0.2, 0.25) is 0 Å². The van der Waals surface area contributed by atoms with Gasteiger partial charge < -0.3 is 19.3 Å². The maximum Gasteiger partial charge on any atom is 0.303 e. The number of unbranched alkanes of at least 4 members (excludes halogenated alkanes) is 5. The summed E-state index contributed by atoms with van der Waals surface area (Å²) in [6, 6.07) is 12.9. The van der Waals surface area contributed by atoms with E-state index < -0.39 is 5.97 Å². The van der Waals surface area contributed by atoms with Gasteiger partial charge in [-0.25, -0.2) is 0 Å². The molecule has 0 heterocycles. The summed E-state index contributed by atoms with van der Waals surface area (Å²) in [6.45, 7) is 3.33. The van der Waals surface area contributed by atoms with Crippen molar-refractivity contribution in [3.05, 3.63) is 42.5 Å². The van der Waals surface area contributed by atoms with Crippen LogP contribution in [0.15, 0.2) is 52.7 Å². The molecule has 0 saturated carbocycles. The molecular formula is C25H34N2O5. The number of nitrogens with zero attached hydrogens (tertiary/aromatic N) is 2. The Bertz CT molecular complexity index is 837. The molecule has 0 atom stereocenters. The van der Waals surface area contributed by atoms with Crippen LogP contribution in [-0.2, 0) is 4.79 Å². The summed E-state index contributed by atoms with van der Waals surface area (Å²) in [4.78, 5) is 10.6. The molecule has 0 spiro atoms. The third-order valence-electron chi connectivity index (χ3n) is 4.84. The standard InChI is InChI=1S/C25H34N2O5/c1-3-4-5-8-17-31-22-15-16-23(27-26-20-11-13-21(30-2)14-12-20)24(19-22)32-18-9-6-7-10-25(28)29/h11-16,19H,3-10,17-18H2,1-2H3,(H,28,29). The molecule has 2 aromatic carbocycles. The number of carboxylic acid groups (broad SMARTS) is 1. The van der Waals surface area contributed by atoms with Crippen molar-refractivity contribution in [1.29, 1.82) is 0 Å². The molecule has 1 N–H and O–H groups in total. The van der Waals surface area contributed by atoms with Crippen molar-refractivity contribution in [3.8, 4) is 17.2 Å². The van der Waals surface area contributed by atoms with E-state index in [0.29, 0.717) is 36.8 Å². The van der Waals surface area contributed by atoms with Gasteiger partial charge in [0.1, 0.15) is 22.9 Å². The van der Waals surface area contributed by atoms with E-state index in [1.165, 1.54) is 12.8 Å². The van der Waals surface area contributed by atoms with Crippen LogP contribution in [0.4, 0.5) is 11.4 Å². The highest BCUT2D eigenvalue weighted by Gasteiger charge is 2.07. The molecule has 0 aromatic heterocycles. The molecule has 7 heteroatoms. The minimum Gasteiger partial charge on any atom is -0.497 e. The highest BCUT2D eigenvalue weighted by molar-refractivity contribution is 5.66. The Morgan fingerprint density at radius 2 is 1.53 bits per heavy atom. The van der Waals surface area contributed by atoms with Gasteiger partial charge in [0.05, 0.1) is 26.0 Å². The van der Waals surface area contributed by atoms with Crippen molar-refractivity contribution in [3.63, 3.8) is 0 Å². The highest BCUT2D eigenvalue weighted by Crippen LogP contribution is 2.33. The largest absolute Gasteiger partial charge is 0.497 e. The van der Waals surface area contributed by atoms with Gasteiger partial charge in [0.15, 0.2) is 0 Å². The van der Waals surface area contributed by atoms with Gasteiger partial charge in [0.2, 0.25) is 0 Å². The average Bonchev–Trinajstić information content (AvgIpc) is 2.80. The van der Waals surface area contributed by atoms with Crippen molar-refractivity contribution in [1.82, 2.24) is 0 Å². The monoisotopic (exact) mass is 442 g/mol. The number of azo groups is 1. The summed E-state index contributed by atoms with van der Waals surface area (Å²) in [5, 5.41) is 17.4. The fourth-order valence-corrected chi connectivity index (χ4v) is 3.00. The van der Waals surface area contributed by atoms with Crippen LogP contribution < -0.4 is 14.2 Å². The van der Waals surface area contributed by atoms with Gasteiger partial charge in [-0.05, 0) is 62.1 Å². The number of hydrogen-bond donors (Lipinski definition) is 1. The summed E-state index contributed by atoms with van der Waals surface area (Å²) >= 11 is 0. The number of carboxylic acids is 1. The summed E-state index contributed by atoms with van der Waals surface area (Å²) in [7, 11) is 1.62. The number of carbonyl (C=O) groups is 1. The van der Waals surface area contributed by atoms with Gasteiger partial charge in [-0.2, -0.15) is 5.11 Å². The molecule has 0 saturated heterocycles. The van der Waals surface area contributed by atoms with Gasteiger partial charge in [-0.3, -0.25) is 4.79 Å². The number of benzene rings is 2. The van der Waals surface area contributed by atoms with E-state index >= 15 is 0 Å². The Balaban J connectivity index is 2.01. The van der Waals surface area contributed by atoms with E-state index in [-0.39, 0.29) is 6.42 Å². The van der Waals surface area contributed by atoms with Crippen LogP contribution in [0.5, 0.6) is 17.2 Å². The first kappa shape index (κ1) is 25.2. The van der Waals surface area contributed by atoms with Gasteiger partial charge in [0, 0.05) is 12.5 Å². The molecular weight excluding hydrogens is 408 g/mol. The van der Waals surface area contributed by atoms with Gasteiger partial charge >= 0.3 is 5.97 Å². The predicted octanol–water partition coefficient (Wildman–Crippen LogP) is 7.09. The lowest BCUT2D eigenvalue weighted by atomic mass is 10.2. The Morgan fingerprint density at radius 3 is 2.22 bits per heavy atom. The molecule has 0 radical (unpaired) electrons. The molecule has 2 rings (SSSR count). The molecule has 0 amide bonds. The molecule has 0 fully saturated rings. The van der Waals surface area contributed by atoms with E-state index in [4.69, 9.17) is 19.3 Å². The van der Waals surface area contributed by atoms with E-state index in [2.05, 4.69) is 17.2 Å². The second-order valence-electron chi connectivity index (χ2n) is 7.49. The number of methoxy groups -OCH3 is 1. The van der Waals surface area contributed by atoms with Gasteiger partial charge in [-0.15, -0.1) is 5.11 Å². The first-order chi connectivity index (χ1) is 15.6. The van der Waals surface area contributed by atoms with Gasteiger partial charge in [-0.1, -0.05) is 26.2 Å². The predicted molar refractivity (Wildman–Crippen MR) is 125 cm³/mol. The zero-order valence-electron chi connectivity index (χ0n) is 19.1. The van der Waals surface area contributed by atoms with E-state index in [1.54, 1.807) is 7.11 Å². The molecule has 0 aliphatic carbocycles. The minimum absolute atomic E-state index is 0.183. The van der Waals surface area contributed by atoms with Crippen molar-refractivity contribution in [2.75, 3.05) is 20.3 Å². The Labute approximate surface area is 190 Å². The summed E-state index contributed by atoms with van der Waals surface area (Å²) in [5.41, 5.74) is 1.33. The molecule has 0 bridgehead atoms. The zero-order valence-corrected chi connectivity index (χ0v) is 19.1. The first-order valence-corrected chi connectivity index (χ1v) is 11.3. The number of aliphatic carboxylic acids is 1. The lowest BCUT2D eigenvalue weighted by molar-refractivity contribution is -0.137. The number of rotatable bonds is 16. The quantitative estimate of drug-likeness (QED) is 0.221.